The number of amides is 1. The van der Waals surface area contributed by atoms with Crippen molar-refractivity contribution in [3.8, 4) is 0 Å². The van der Waals surface area contributed by atoms with Gasteiger partial charge in [-0.25, -0.2) is 0 Å². The van der Waals surface area contributed by atoms with Gasteiger partial charge in [-0.15, -0.1) is 0 Å². The summed E-state index contributed by atoms with van der Waals surface area (Å²) in [6, 6.07) is 13.5. The van der Waals surface area contributed by atoms with E-state index in [0.717, 1.165) is 11.3 Å². The number of hydrogen-bond donors (Lipinski definition) is 0. The first-order valence-corrected chi connectivity index (χ1v) is 7.96. The summed E-state index contributed by atoms with van der Waals surface area (Å²) in [7, 11) is 0. The van der Waals surface area contributed by atoms with Crippen molar-refractivity contribution in [2.45, 2.75) is 6.54 Å². The zero-order valence-corrected chi connectivity index (χ0v) is 13.3. The van der Waals surface area contributed by atoms with Gasteiger partial charge < -0.3 is 4.42 Å². The average molecular weight is 327 g/mol. The molecule has 1 fully saturated rings. The Morgan fingerprint density at radius 1 is 1.18 bits per heavy atom. The predicted molar refractivity (Wildman–Crippen MR) is 93.0 cm³/mol. The maximum Gasteiger partial charge on any atom is 0.266 e. The second kappa shape index (κ2) is 6.77. The Labute approximate surface area is 138 Å². The topological polar surface area (TPSA) is 33.5 Å². The maximum absolute atomic E-state index is 12.4. The van der Waals surface area contributed by atoms with Gasteiger partial charge in [0.15, 0.2) is 0 Å². The highest BCUT2D eigenvalue weighted by atomic mass is 32.2. The molecule has 0 N–H and O–H groups in total. The number of thiocarbonyl (C=S) groups is 1. The van der Waals surface area contributed by atoms with Gasteiger partial charge in [-0.1, -0.05) is 60.4 Å². The van der Waals surface area contributed by atoms with Crippen LogP contribution in [0.3, 0.4) is 0 Å². The van der Waals surface area contributed by atoms with Crippen LogP contribution in [0.15, 0.2) is 70.2 Å². The van der Waals surface area contributed by atoms with Crippen molar-refractivity contribution in [1.82, 2.24) is 4.90 Å². The van der Waals surface area contributed by atoms with E-state index in [9.17, 15) is 4.79 Å². The van der Waals surface area contributed by atoms with Crippen LogP contribution in [0.2, 0.25) is 0 Å². The van der Waals surface area contributed by atoms with Crippen molar-refractivity contribution >= 4 is 40.3 Å². The van der Waals surface area contributed by atoms with Crippen molar-refractivity contribution in [3.63, 3.8) is 0 Å². The fourth-order valence-electron chi connectivity index (χ4n) is 2.03. The van der Waals surface area contributed by atoms with Crippen LogP contribution in [0, 0.1) is 0 Å². The molecule has 1 aromatic heterocycles. The van der Waals surface area contributed by atoms with E-state index in [0.29, 0.717) is 15.8 Å². The first-order valence-electron chi connectivity index (χ1n) is 6.73. The van der Waals surface area contributed by atoms with Crippen LogP contribution in [0.1, 0.15) is 11.3 Å². The normalized spacial score (nSPS) is 17.1. The zero-order chi connectivity index (χ0) is 15.4. The van der Waals surface area contributed by atoms with Crippen molar-refractivity contribution in [2.24, 2.45) is 0 Å². The summed E-state index contributed by atoms with van der Waals surface area (Å²) in [6.07, 6.45) is 6.99. The number of carbonyl (C=O) groups is 1. The highest BCUT2D eigenvalue weighted by Crippen LogP contribution is 2.32. The summed E-state index contributed by atoms with van der Waals surface area (Å²) in [5.74, 6) is 0.693. The molecule has 0 aliphatic carbocycles. The maximum atomic E-state index is 12.4. The molecule has 1 aromatic carbocycles. The number of nitrogens with zero attached hydrogens (tertiary/aromatic N) is 1. The molecule has 22 heavy (non-hydrogen) atoms. The quantitative estimate of drug-likeness (QED) is 0.621. The van der Waals surface area contributed by atoms with Crippen molar-refractivity contribution < 1.29 is 9.21 Å². The number of allylic oxidation sites excluding steroid dienone is 2. The molecule has 1 amide bonds. The molecule has 2 heterocycles. The summed E-state index contributed by atoms with van der Waals surface area (Å²) in [5, 5.41) is 0. The fraction of sp³-hybridized carbons (Fsp3) is 0.0588. The largest absolute Gasteiger partial charge is 0.465 e. The minimum absolute atomic E-state index is 0.0528. The Balaban J connectivity index is 1.71. The zero-order valence-electron chi connectivity index (χ0n) is 11.6. The van der Waals surface area contributed by atoms with E-state index < -0.39 is 0 Å². The summed E-state index contributed by atoms with van der Waals surface area (Å²) < 4.78 is 5.79. The minimum Gasteiger partial charge on any atom is -0.465 e. The third-order valence-corrected chi connectivity index (χ3v) is 4.50. The van der Waals surface area contributed by atoms with Crippen LogP contribution >= 0.6 is 24.0 Å². The van der Waals surface area contributed by atoms with Gasteiger partial charge in [-0.2, -0.15) is 0 Å². The van der Waals surface area contributed by atoms with Gasteiger partial charge in [0, 0.05) is 0 Å². The first-order chi connectivity index (χ1) is 10.7. The molecule has 0 saturated carbocycles. The standard InChI is InChI=1S/C17H13NO2S2/c19-16-15(10-4-8-14-9-5-11-20-14)22-17(21)18(16)12-13-6-2-1-3-7-13/h1-11H,12H2/b8-4+,15-10-. The van der Waals surface area contributed by atoms with E-state index in [4.69, 9.17) is 16.6 Å². The van der Waals surface area contributed by atoms with Crippen LogP contribution in [-0.2, 0) is 11.3 Å². The van der Waals surface area contributed by atoms with Crippen LogP contribution in [0.5, 0.6) is 0 Å². The smallest absolute Gasteiger partial charge is 0.266 e. The Bertz CT molecular complexity index is 733. The molecular weight excluding hydrogens is 314 g/mol. The third-order valence-electron chi connectivity index (χ3n) is 3.11. The first kappa shape index (κ1) is 14.8. The van der Waals surface area contributed by atoms with Gasteiger partial charge >= 0.3 is 0 Å². The monoisotopic (exact) mass is 327 g/mol. The molecule has 0 atom stereocenters. The summed E-state index contributed by atoms with van der Waals surface area (Å²) in [4.78, 5) is 14.7. The lowest BCUT2D eigenvalue weighted by atomic mass is 10.2. The minimum atomic E-state index is -0.0528. The lowest BCUT2D eigenvalue weighted by molar-refractivity contribution is -0.122. The number of rotatable bonds is 4. The van der Waals surface area contributed by atoms with Crippen molar-refractivity contribution in [1.29, 1.82) is 0 Å². The molecule has 0 spiro atoms. The number of benzene rings is 1. The van der Waals surface area contributed by atoms with Gasteiger partial charge in [0.25, 0.3) is 5.91 Å². The number of hydrogen-bond acceptors (Lipinski definition) is 4. The Morgan fingerprint density at radius 3 is 2.73 bits per heavy atom. The Kier molecular flexibility index (Phi) is 4.56. The second-order valence-electron chi connectivity index (χ2n) is 4.65. The van der Waals surface area contributed by atoms with Gasteiger partial charge in [-0.3, -0.25) is 9.69 Å². The van der Waals surface area contributed by atoms with E-state index in [2.05, 4.69) is 0 Å². The molecule has 3 nitrogen and oxygen atoms in total. The predicted octanol–water partition coefficient (Wildman–Crippen LogP) is 4.24. The molecule has 0 bridgehead atoms. The summed E-state index contributed by atoms with van der Waals surface area (Å²) in [5.41, 5.74) is 1.06. The van der Waals surface area contributed by atoms with Crippen LogP contribution in [0.4, 0.5) is 0 Å². The highest BCUT2D eigenvalue weighted by Gasteiger charge is 2.31. The van der Waals surface area contributed by atoms with Crippen molar-refractivity contribution in [2.75, 3.05) is 0 Å². The molecule has 0 radical (unpaired) electrons. The highest BCUT2D eigenvalue weighted by molar-refractivity contribution is 8.26. The average Bonchev–Trinajstić information content (AvgIpc) is 3.13. The molecule has 1 aliphatic heterocycles. The second-order valence-corrected chi connectivity index (χ2v) is 6.33. The van der Waals surface area contributed by atoms with E-state index in [1.54, 1.807) is 23.3 Å². The van der Waals surface area contributed by atoms with Crippen LogP contribution in [0.25, 0.3) is 6.08 Å². The number of thioether (sulfide) groups is 1. The Morgan fingerprint density at radius 2 is 2.00 bits per heavy atom. The van der Waals surface area contributed by atoms with Crippen LogP contribution < -0.4 is 0 Å². The summed E-state index contributed by atoms with van der Waals surface area (Å²) >= 11 is 6.63. The van der Waals surface area contributed by atoms with Gasteiger partial charge in [0.1, 0.15) is 10.1 Å². The summed E-state index contributed by atoms with van der Waals surface area (Å²) in [6.45, 7) is 0.505. The number of furan rings is 1. The van der Waals surface area contributed by atoms with E-state index >= 15 is 0 Å². The van der Waals surface area contributed by atoms with Crippen LogP contribution in [-0.4, -0.2) is 15.1 Å². The lowest BCUT2D eigenvalue weighted by Gasteiger charge is -2.14. The SMILES string of the molecule is O=C1/C(=C/C=C/c2ccco2)SC(=S)N1Cc1ccccc1. The van der Waals surface area contributed by atoms with Gasteiger partial charge in [0.05, 0.1) is 17.7 Å². The van der Waals surface area contributed by atoms with Crippen molar-refractivity contribution in [3.05, 3.63) is 77.1 Å². The Hall–Kier alpha value is -2.11. The van der Waals surface area contributed by atoms with E-state index in [-0.39, 0.29) is 5.91 Å². The van der Waals surface area contributed by atoms with E-state index in [1.165, 1.54) is 11.8 Å². The third kappa shape index (κ3) is 3.37. The molecule has 3 rings (SSSR count). The molecule has 0 unspecified atom stereocenters. The fourth-order valence-corrected chi connectivity index (χ4v) is 3.24. The van der Waals surface area contributed by atoms with E-state index in [1.807, 2.05) is 48.5 Å². The molecule has 1 saturated heterocycles. The molecule has 1 aliphatic rings. The molecule has 5 heteroatoms. The van der Waals surface area contributed by atoms with Gasteiger partial charge in [0.2, 0.25) is 0 Å². The molecule has 2 aromatic rings. The molecular formula is C17H13NO2S2. The van der Waals surface area contributed by atoms with Gasteiger partial charge in [-0.05, 0) is 29.8 Å². The molecule has 110 valence electrons. The lowest BCUT2D eigenvalue weighted by Crippen LogP contribution is -2.27. The number of carbonyl (C=O) groups excluding carboxylic acids is 1.